The number of ether oxygens (including phenoxy) is 2. The average molecular weight is 354 g/mol. The van der Waals surface area contributed by atoms with Gasteiger partial charge in [0.25, 0.3) is 0 Å². The highest BCUT2D eigenvalue weighted by atomic mass is 16.5. The second-order valence-corrected chi connectivity index (χ2v) is 5.22. The number of aromatic nitrogens is 4. The summed E-state index contributed by atoms with van der Waals surface area (Å²) in [4.78, 5) is 12.1. The highest BCUT2D eigenvalue weighted by Crippen LogP contribution is 2.29. The van der Waals surface area contributed by atoms with Gasteiger partial charge in [0.05, 0.1) is 26.5 Å². The van der Waals surface area contributed by atoms with E-state index >= 15 is 0 Å². The summed E-state index contributed by atoms with van der Waals surface area (Å²) in [5.74, 6) is 1.62. The van der Waals surface area contributed by atoms with Crippen LogP contribution in [0.25, 0.3) is 5.69 Å². The smallest absolute Gasteiger partial charge is 0.319 e. The first kappa shape index (κ1) is 17.2. The summed E-state index contributed by atoms with van der Waals surface area (Å²) in [6.45, 7) is 0.168. The van der Waals surface area contributed by atoms with Crippen LogP contribution in [0.5, 0.6) is 11.5 Å². The van der Waals surface area contributed by atoms with Gasteiger partial charge in [-0.15, -0.1) is 5.10 Å². The summed E-state index contributed by atoms with van der Waals surface area (Å²) in [5, 5.41) is 17.0. The average Bonchev–Trinajstić information content (AvgIpc) is 3.15. The Morgan fingerprint density at radius 1 is 1.08 bits per heavy atom. The minimum absolute atomic E-state index is 0.168. The van der Waals surface area contributed by atoms with E-state index in [0.29, 0.717) is 23.0 Å². The van der Waals surface area contributed by atoms with E-state index in [1.165, 1.54) is 7.11 Å². The molecule has 134 valence electrons. The van der Waals surface area contributed by atoms with Gasteiger partial charge in [0.1, 0.15) is 0 Å². The maximum absolute atomic E-state index is 12.1. The molecule has 0 bridgehead atoms. The van der Waals surface area contributed by atoms with E-state index in [0.717, 1.165) is 5.69 Å². The normalized spacial score (nSPS) is 10.2. The molecule has 1 aromatic heterocycles. The molecule has 2 aromatic carbocycles. The number of anilines is 1. The lowest BCUT2D eigenvalue weighted by Gasteiger charge is -2.11. The summed E-state index contributed by atoms with van der Waals surface area (Å²) < 4.78 is 12.0. The number of methoxy groups -OCH3 is 2. The van der Waals surface area contributed by atoms with E-state index in [1.54, 1.807) is 30.0 Å². The van der Waals surface area contributed by atoms with Crippen molar-refractivity contribution in [3.63, 3.8) is 0 Å². The third kappa shape index (κ3) is 3.89. The van der Waals surface area contributed by atoms with Crippen LogP contribution in [0.4, 0.5) is 10.5 Å². The first-order valence-electron chi connectivity index (χ1n) is 7.81. The maximum atomic E-state index is 12.1. The van der Waals surface area contributed by atoms with Gasteiger partial charge in [-0.05, 0) is 34.7 Å². The van der Waals surface area contributed by atoms with Gasteiger partial charge in [-0.2, -0.15) is 4.68 Å². The summed E-state index contributed by atoms with van der Waals surface area (Å²) in [6, 6.07) is 14.1. The van der Waals surface area contributed by atoms with Crippen molar-refractivity contribution in [2.24, 2.45) is 0 Å². The molecule has 0 fully saturated rings. The van der Waals surface area contributed by atoms with Crippen LogP contribution in [0, 0.1) is 0 Å². The van der Waals surface area contributed by atoms with Crippen LogP contribution < -0.4 is 20.1 Å². The van der Waals surface area contributed by atoms with Gasteiger partial charge >= 0.3 is 6.03 Å². The topological polar surface area (TPSA) is 103 Å². The second kappa shape index (κ2) is 7.97. The van der Waals surface area contributed by atoms with Gasteiger partial charge in [0.2, 0.25) is 0 Å². The number of hydrogen-bond donors (Lipinski definition) is 2. The SMILES string of the molecule is COc1ccc(NC(=O)NCc2nnnn2-c2ccccc2)cc1OC. The standard InChI is InChI=1S/C17H18N6O3/c1-25-14-9-8-12(10-15(14)26-2)19-17(24)18-11-16-20-21-22-23(16)13-6-4-3-5-7-13/h3-10H,11H2,1-2H3,(H2,18,19,24). The molecule has 26 heavy (non-hydrogen) atoms. The highest BCUT2D eigenvalue weighted by molar-refractivity contribution is 5.89. The molecule has 0 aliphatic carbocycles. The van der Waals surface area contributed by atoms with E-state index in [4.69, 9.17) is 9.47 Å². The number of tetrazole rings is 1. The van der Waals surface area contributed by atoms with Gasteiger partial charge in [-0.3, -0.25) is 0 Å². The third-order valence-electron chi connectivity index (χ3n) is 3.58. The quantitative estimate of drug-likeness (QED) is 0.702. The monoisotopic (exact) mass is 354 g/mol. The maximum Gasteiger partial charge on any atom is 0.319 e. The molecule has 0 aliphatic heterocycles. The van der Waals surface area contributed by atoms with Crippen molar-refractivity contribution in [2.45, 2.75) is 6.54 Å². The van der Waals surface area contributed by atoms with Crippen molar-refractivity contribution in [3.8, 4) is 17.2 Å². The number of nitrogens with zero attached hydrogens (tertiary/aromatic N) is 4. The fourth-order valence-corrected chi connectivity index (χ4v) is 2.33. The molecule has 3 rings (SSSR count). The van der Waals surface area contributed by atoms with Crippen LogP contribution in [0.15, 0.2) is 48.5 Å². The highest BCUT2D eigenvalue weighted by Gasteiger charge is 2.11. The fraction of sp³-hybridized carbons (Fsp3) is 0.176. The van der Waals surface area contributed by atoms with Crippen molar-refractivity contribution in [2.75, 3.05) is 19.5 Å². The van der Waals surface area contributed by atoms with Crippen LogP contribution in [0.1, 0.15) is 5.82 Å². The molecule has 2 N–H and O–H groups in total. The number of para-hydroxylation sites is 1. The predicted molar refractivity (Wildman–Crippen MR) is 94.6 cm³/mol. The van der Waals surface area contributed by atoms with Crippen LogP contribution in [-0.4, -0.2) is 40.5 Å². The Bertz CT molecular complexity index is 881. The van der Waals surface area contributed by atoms with E-state index in [9.17, 15) is 4.79 Å². The lowest BCUT2D eigenvalue weighted by Crippen LogP contribution is -2.29. The number of carbonyl (C=O) groups excluding carboxylic acids is 1. The Balaban J connectivity index is 1.63. The zero-order valence-electron chi connectivity index (χ0n) is 14.3. The van der Waals surface area contributed by atoms with Crippen molar-refractivity contribution >= 4 is 11.7 Å². The Morgan fingerprint density at radius 2 is 1.85 bits per heavy atom. The summed E-state index contributed by atoms with van der Waals surface area (Å²) >= 11 is 0. The van der Waals surface area contributed by atoms with E-state index in [2.05, 4.69) is 26.2 Å². The number of rotatable bonds is 6. The van der Waals surface area contributed by atoms with Crippen LogP contribution in [0.3, 0.4) is 0 Å². The third-order valence-corrected chi connectivity index (χ3v) is 3.58. The molecule has 3 aromatic rings. The Hall–Kier alpha value is -3.62. The molecule has 0 saturated carbocycles. The minimum atomic E-state index is -0.389. The predicted octanol–water partition coefficient (Wildman–Crippen LogP) is 2.00. The molecule has 0 atom stereocenters. The number of urea groups is 1. The molecule has 9 nitrogen and oxygen atoms in total. The van der Waals surface area contributed by atoms with Crippen molar-refractivity contribution in [3.05, 3.63) is 54.4 Å². The molecular formula is C17H18N6O3. The summed E-state index contributed by atoms with van der Waals surface area (Å²) in [6.07, 6.45) is 0. The Kier molecular flexibility index (Phi) is 5.28. The number of amides is 2. The Labute approximate surface area is 149 Å². The van der Waals surface area contributed by atoms with E-state index < -0.39 is 0 Å². The molecule has 2 amide bonds. The molecule has 1 heterocycles. The lowest BCUT2D eigenvalue weighted by atomic mass is 10.3. The van der Waals surface area contributed by atoms with Gasteiger partial charge < -0.3 is 20.1 Å². The van der Waals surface area contributed by atoms with Gasteiger partial charge in [-0.25, -0.2) is 4.79 Å². The van der Waals surface area contributed by atoms with Crippen LogP contribution in [0.2, 0.25) is 0 Å². The number of hydrogen-bond acceptors (Lipinski definition) is 6. The molecule has 0 unspecified atom stereocenters. The molecule has 0 aliphatic rings. The number of carbonyl (C=O) groups is 1. The summed E-state index contributed by atoms with van der Waals surface area (Å²) in [5.41, 5.74) is 1.39. The van der Waals surface area contributed by atoms with E-state index in [1.807, 2.05) is 30.3 Å². The first-order chi connectivity index (χ1) is 12.7. The zero-order chi connectivity index (χ0) is 18.4. The van der Waals surface area contributed by atoms with Crippen LogP contribution in [-0.2, 0) is 6.54 Å². The second-order valence-electron chi connectivity index (χ2n) is 5.22. The summed E-state index contributed by atoms with van der Waals surface area (Å²) in [7, 11) is 3.08. The van der Waals surface area contributed by atoms with Gasteiger partial charge in [0, 0.05) is 11.8 Å². The van der Waals surface area contributed by atoms with Crippen LogP contribution >= 0.6 is 0 Å². The molecule has 0 saturated heterocycles. The minimum Gasteiger partial charge on any atom is -0.493 e. The molecule has 9 heteroatoms. The van der Waals surface area contributed by atoms with Gasteiger partial charge in [-0.1, -0.05) is 18.2 Å². The van der Waals surface area contributed by atoms with Crippen molar-refractivity contribution in [1.29, 1.82) is 0 Å². The Morgan fingerprint density at radius 3 is 2.58 bits per heavy atom. The number of benzene rings is 2. The largest absolute Gasteiger partial charge is 0.493 e. The molecule has 0 radical (unpaired) electrons. The lowest BCUT2D eigenvalue weighted by molar-refractivity contribution is 0.251. The van der Waals surface area contributed by atoms with Crippen molar-refractivity contribution < 1.29 is 14.3 Å². The first-order valence-corrected chi connectivity index (χ1v) is 7.81. The molecule has 0 spiro atoms. The fourth-order valence-electron chi connectivity index (χ4n) is 2.33. The van der Waals surface area contributed by atoms with Crippen molar-refractivity contribution in [1.82, 2.24) is 25.5 Å². The zero-order valence-corrected chi connectivity index (χ0v) is 14.3. The number of nitrogens with one attached hydrogen (secondary N) is 2. The molecular weight excluding hydrogens is 336 g/mol. The van der Waals surface area contributed by atoms with Gasteiger partial charge in [0.15, 0.2) is 17.3 Å². The van der Waals surface area contributed by atoms with E-state index in [-0.39, 0.29) is 12.6 Å².